The molecule has 2 aromatic carbocycles. The highest BCUT2D eigenvalue weighted by Crippen LogP contribution is 2.22. The fourth-order valence-electron chi connectivity index (χ4n) is 3.18. The minimum atomic E-state index is -0.283. The Bertz CT molecular complexity index is 1310. The standard InChI is InChI=1S/C24H21N3O4/c1-16-10-11-22-25-18(13-23(28)27(22)14-16)15-31-19-7-5-6-17(12-19)26-24(29)20-8-3-4-9-21(20)30-2/h3-14H,15H2,1-2H3,(H,26,29). The first-order valence-corrected chi connectivity index (χ1v) is 9.70. The lowest BCUT2D eigenvalue weighted by Gasteiger charge is -2.11. The number of fused-ring (bicyclic) bond motifs is 1. The molecule has 31 heavy (non-hydrogen) atoms. The van der Waals surface area contributed by atoms with Gasteiger partial charge in [0.25, 0.3) is 11.5 Å². The van der Waals surface area contributed by atoms with E-state index in [2.05, 4.69) is 10.3 Å². The molecule has 0 atom stereocenters. The number of para-hydroxylation sites is 1. The molecule has 2 aromatic heterocycles. The molecular weight excluding hydrogens is 394 g/mol. The third-order valence-corrected chi connectivity index (χ3v) is 4.69. The normalized spacial score (nSPS) is 10.6. The van der Waals surface area contributed by atoms with E-state index >= 15 is 0 Å². The lowest BCUT2D eigenvalue weighted by molar-refractivity contribution is 0.102. The highest BCUT2D eigenvalue weighted by atomic mass is 16.5. The van der Waals surface area contributed by atoms with E-state index in [0.29, 0.717) is 34.1 Å². The molecular formula is C24H21N3O4. The van der Waals surface area contributed by atoms with Crippen molar-refractivity contribution in [3.05, 3.63) is 100 Å². The van der Waals surface area contributed by atoms with Gasteiger partial charge in [0.15, 0.2) is 0 Å². The Balaban J connectivity index is 1.48. The quantitative estimate of drug-likeness (QED) is 0.517. The van der Waals surface area contributed by atoms with Gasteiger partial charge in [-0.05, 0) is 42.8 Å². The predicted molar refractivity (Wildman–Crippen MR) is 118 cm³/mol. The summed E-state index contributed by atoms with van der Waals surface area (Å²) in [5.41, 5.74) is 2.92. The van der Waals surface area contributed by atoms with Gasteiger partial charge in [-0.3, -0.25) is 14.0 Å². The first-order chi connectivity index (χ1) is 15.0. The number of carbonyl (C=O) groups excluding carboxylic acids is 1. The lowest BCUT2D eigenvalue weighted by atomic mass is 10.2. The molecule has 4 aromatic rings. The van der Waals surface area contributed by atoms with E-state index in [1.807, 2.05) is 13.0 Å². The maximum Gasteiger partial charge on any atom is 0.259 e. The fraction of sp³-hybridized carbons (Fsp3) is 0.125. The molecule has 0 aliphatic heterocycles. The summed E-state index contributed by atoms with van der Waals surface area (Å²) in [4.78, 5) is 29.4. The van der Waals surface area contributed by atoms with Crippen LogP contribution in [-0.4, -0.2) is 22.4 Å². The molecule has 0 fully saturated rings. The summed E-state index contributed by atoms with van der Waals surface area (Å²) in [6.07, 6.45) is 1.75. The highest BCUT2D eigenvalue weighted by molar-refractivity contribution is 6.06. The van der Waals surface area contributed by atoms with Crippen LogP contribution in [0.2, 0.25) is 0 Å². The number of methoxy groups -OCH3 is 1. The van der Waals surface area contributed by atoms with E-state index in [4.69, 9.17) is 9.47 Å². The second-order valence-corrected chi connectivity index (χ2v) is 6.99. The molecule has 0 aliphatic carbocycles. The first kappa shape index (κ1) is 20.2. The smallest absolute Gasteiger partial charge is 0.259 e. The van der Waals surface area contributed by atoms with Crippen molar-refractivity contribution >= 4 is 17.2 Å². The number of nitrogens with one attached hydrogen (secondary N) is 1. The van der Waals surface area contributed by atoms with Gasteiger partial charge in [0, 0.05) is 24.0 Å². The molecule has 0 aliphatic rings. The topological polar surface area (TPSA) is 81.9 Å². The van der Waals surface area contributed by atoms with Crippen LogP contribution < -0.4 is 20.3 Å². The number of hydrogen-bond donors (Lipinski definition) is 1. The summed E-state index contributed by atoms with van der Waals surface area (Å²) in [6, 6.07) is 19.2. The number of rotatable bonds is 6. The van der Waals surface area contributed by atoms with Gasteiger partial charge >= 0.3 is 0 Å². The van der Waals surface area contributed by atoms with Gasteiger partial charge in [-0.1, -0.05) is 24.3 Å². The average molecular weight is 415 g/mol. The zero-order valence-electron chi connectivity index (χ0n) is 17.2. The van der Waals surface area contributed by atoms with Crippen molar-refractivity contribution in [3.63, 3.8) is 0 Å². The van der Waals surface area contributed by atoms with Crippen LogP contribution in [0.15, 0.2) is 77.7 Å². The van der Waals surface area contributed by atoms with Crippen molar-refractivity contribution in [2.24, 2.45) is 0 Å². The molecule has 0 unspecified atom stereocenters. The van der Waals surface area contributed by atoms with E-state index in [-0.39, 0.29) is 18.1 Å². The monoisotopic (exact) mass is 415 g/mol. The number of anilines is 1. The maximum atomic E-state index is 12.6. The zero-order valence-corrected chi connectivity index (χ0v) is 17.2. The number of benzene rings is 2. The van der Waals surface area contributed by atoms with Crippen molar-refractivity contribution in [2.75, 3.05) is 12.4 Å². The number of ether oxygens (including phenoxy) is 2. The van der Waals surface area contributed by atoms with Crippen LogP contribution in [0.4, 0.5) is 5.69 Å². The molecule has 0 saturated carbocycles. The number of aromatic nitrogens is 2. The van der Waals surface area contributed by atoms with E-state index in [1.165, 1.54) is 17.6 Å². The molecule has 4 rings (SSSR count). The molecule has 1 N–H and O–H groups in total. The third kappa shape index (κ3) is 4.56. The van der Waals surface area contributed by atoms with Gasteiger partial charge in [0.1, 0.15) is 23.8 Å². The summed E-state index contributed by atoms with van der Waals surface area (Å²) in [7, 11) is 1.52. The zero-order chi connectivity index (χ0) is 21.8. The predicted octanol–water partition coefficient (Wildman–Crippen LogP) is 3.84. The Hall–Kier alpha value is -4.13. The molecule has 1 amide bonds. The van der Waals surface area contributed by atoms with E-state index in [1.54, 1.807) is 60.8 Å². The summed E-state index contributed by atoms with van der Waals surface area (Å²) in [6.45, 7) is 2.05. The van der Waals surface area contributed by atoms with Gasteiger partial charge in [0.2, 0.25) is 0 Å². The van der Waals surface area contributed by atoms with E-state index in [0.717, 1.165) is 5.56 Å². The van der Waals surface area contributed by atoms with Gasteiger partial charge in [-0.25, -0.2) is 4.98 Å². The van der Waals surface area contributed by atoms with Crippen LogP contribution >= 0.6 is 0 Å². The molecule has 0 bridgehead atoms. The number of aryl methyl sites for hydroxylation is 1. The number of amides is 1. The number of pyridine rings is 1. The van der Waals surface area contributed by atoms with Gasteiger partial charge in [-0.2, -0.15) is 0 Å². The van der Waals surface area contributed by atoms with Gasteiger partial charge < -0.3 is 14.8 Å². The van der Waals surface area contributed by atoms with E-state index in [9.17, 15) is 9.59 Å². The van der Waals surface area contributed by atoms with Crippen LogP contribution in [0.3, 0.4) is 0 Å². The minimum absolute atomic E-state index is 0.128. The van der Waals surface area contributed by atoms with Crippen molar-refractivity contribution in [1.82, 2.24) is 9.38 Å². The number of carbonyl (C=O) groups is 1. The van der Waals surface area contributed by atoms with Crippen molar-refractivity contribution < 1.29 is 14.3 Å². The summed E-state index contributed by atoms with van der Waals surface area (Å²) in [5.74, 6) is 0.758. The third-order valence-electron chi connectivity index (χ3n) is 4.69. The fourth-order valence-corrected chi connectivity index (χ4v) is 3.18. The van der Waals surface area contributed by atoms with Crippen LogP contribution in [-0.2, 0) is 6.61 Å². The molecule has 7 nitrogen and oxygen atoms in total. The Morgan fingerprint density at radius 2 is 1.90 bits per heavy atom. The minimum Gasteiger partial charge on any atom is -0.496 e. The van der Waals surface area contributed by atoms with Crippen molar-refractivity contribution in [2.45, 2.75) is 13.5 Å². The van der Waals surface area contributed by atoms with Gasteiger partial charge in [0.05, 0.1) is 18.4 Å². The molecule has 0 radical (unpaired) electrons. The Morgan fingerprint density at radius 1 is 1.06 bits per heavy atom. The van der Waals surface area contributed by atoms with E-state index < -0.39 is 0 Å². The molecule has 2 heterocycles. The average Bonchev–Trinajstić information content (AvgIpc) is 2.78. The number of nitrogens with zero attached hydrogens (tertiary/aromatic N) is 2. The Morgan fingerprint density at radius 3 is 2.74 bits per heavy atom. The summed E-state index contributed by atoms with van der Waals surface area (Å²) < 4.78 is 12.6. The lowest BCUT2D eigenvalue weighted by Crippen LogP contribution is -2.16. The molecule has 0 spiro atoms. The van der Waals surface area contributed by atoms with Crippen molar-refractivity contribution in [3.8, 4) is 11.5 Å². The SMILES string of the molecule is COc1ccccc1C(=O)Nc1cccc(OCc2cc(=O)n3cc(C)ccc3n2)c1. The first-order valence-electron chi connectivity index (χ1n) is 9.70. The number of hydrogen-bond acceptors (Lipinski definition) is 5. The maximum absolute atomic E-state index is 12.6. The second-order valence-electron chi connectivity index (χ2n) is 6.99. The molecule has 7 heteroatoms. The van der Waals surface area contributed by atoms with Crippen LogP contribution in [0, 0.1) is 6.92 Å². The Kier molecular flexibility index (Phi) is 5.66. The van der Waals surface area contributed by atoms with Crippen LogP contribution in [0.25, 0.3) is 5.65 Å². The second kappa shape index (κ2) is 8.71. The van der Waals surface area contributed by atoms with Crippen molar-refractivity contribution in [1.29, 1.82) is 0 Å². The highest BCUT2D eigenvalue weighted by Gasteiger charge is 2.12. The largest absolute Gasteiger partial charge is 0.496 e. The Labute approximate surface area is 178 Å². The summed E-state index contributed by atoms with van der Waals surface area (Å²) >= 11 is 0. The molecule has 156 valence electrons. The molecule has 0 saturated heterocycles. The van der Waals surface area contributed by atoms with Crippen LogP contribution in [0.1, 0.15) is 21.6 Å². The van der Waals surface area contributed by atoms with Gasteiger partial charge in [-0.15, -0.1) is 0 Å². The summed E-state index contributed by atoms with van der Waals surface area (Å²) in [5, 5.41) is 2.84. The van der Waals surface area contributed by atoms with Crippen LogP contribution in [0.5, 0.6) is 11.5 Å².